The Morgan fingerprint density at radius 1 is 1.02 bits per heavy atom. The molecule has 0 radical (unpaired) electrons. The molecule has 3 N–H and O–H groups in total. The van der Waals surface area contributed by atoms with Crippen molar-refractivity contribution in [3.63, 3.8) is 0 Å². The van der Waals surface area contributed by atoms with Gasteiger partial charge in [-0.2, -0.15) is 8.78 Å². The van der Waals surface area contributed by atoms with E-state index >= 15 is 0 Å². The maximum absolute atomic E-state index is 14.1. The van der Waals surface area contributed by atoms with E-state index in [1.54, 1.807) is 30.3 Å². The lowest BCUT2D eigenvalue weighted by Crippen LogP contribution is -2.49. The fraction of sp³-hybridized carbons (Fsp3) is 0.364. The average Bonchev–Trinajstić information content (AvgIpc) is 3.55. The van der Waals surface area contributed by atoms with Crippen LogP contribution in [0, 0.1) is 11.6 Å². The number of oxazole rings is 1. The lowest BCUT2D eigenvalue weighted by Gasteiger charge is -2.34. The Morgan fingerprint density at radius 3 is 2.47 bits per heavy atom. The van der Waals surface area contributed by atoms with Crippen LogP contribution in [0.3, 0.4) is 0 Å². The van der Waals surface area contributed by atoms with Crippen molar-refractivity contribution < 1.29 is 41.0 Å². The fourth-order valence-corrected chi connectivity index (χ4v) is 5.13. The summed E-state index contributed by atoms with van der Waals surface area (Å²) in [6.07, 6.45) is 4.60. The minimum absolute atomic E-state index is 0.00817. The summed E-state index contributed by atoms with van der Waals surface area (Å²) < 4.78 is 69.8. The van der Waals surface area contributed by atoms with Crippen LogP contribution in [0.4, 0.5) is 23.5 Å². The molecule has 260 valence electrons. The Hall–Kier alpha value is -5.25. The van der Waals surface area contributed by atoms with Crippen molar-refractivity contribution >= 4 is 17.8 Å². The van der Waals surface area contributed by atoms with Crippen LogP contribution in [-0.4, -0.2) is 71.1 Å². The zero-order chi connectivity index (χ0) is 34.9. The van der Waals surface area contributed by atoms with Crippen molar-refractivity contribution in [2.75, 3.05) is 37.7 Å². The minimum atomic E-state index is -3.12. The molecule has 5 rings (SSSR count). The van der Waals surface area contributed by atoms with Crippen molar-refractivity contribution in [2.24, 2.45) is 5.73 Å². The van der Waals surface area contributed by atoms with Crippen LogP contribution in [0.25, 0.3) is 11.5 Å². The minimum Gasteiger partial charge on any atom is -0.490 e. The third kappa shape index (κ3) is 9.22. The second-order valence-electron chi connectivity index (χ2n) is 11.2. The molecule has 2 amide bonds. The van der Waals surface area contributed by atoms with E-state index in [1.807, 2.05) is 4.90 Å². The number of piperazine rings is 1. The molecule has 16 heteroatoms. The Morgan fingerprint density at radius 2 is 1.78 bits per heavy atom. The molecule has 3 heterocycles. The van der Waals surface area contributed by atoms with E-state index in [0.717, 1.165) is 6.07 Å². The van der Waals surface area contributed by atoms with E-state index in [0.29, 0.717) is 57.5 Å². The first-order valence-corrected chi connectivity index (χ1v) is 15.6. The van der Waals surface area contributed by atoms with Gasteiger partial charge in [0, 0.05) is 68.7 Å². The summed E-state index contributed by atoms with van der Waals surface area (Å²) in [4.78, 5) is 42.3. The monoisotopic (exact) mass is 685 g/mol. The number of ether oxygens (including phenoxy) is 2. The number of alkyl halides is 2. The number of rotatable bonds is 14. The highest BCUT2D eigenvalue weighted by Gasteiger charge is 2.25. The molecule has 1 aliphatic heterocycles. The van der Waals surface area contributed by atoms with Crippen molar-refractivity contribution in [3.8, 4) is 23.0 Å². The van der Waals surface area contributed by atoms with Gasteiger partial charge in [0.05, 0.1) is 12.6 Å². The Kier molecular flexibility index (Phi) is 11.6. The number of hydrogen-bond donors (Lipinski definition) is 2. The summed E-state index contributed by atoms with van der Waals surface area (Å²) in [5, 5.41) is 2.51. The molecule has 1 saturated heterocycles. The van der Waals surface area contributed by atoms with Crippen LogP contribution in [0.1, 0.15) is 54.0 Å². The maximum Gasteiger partial charge on any atom is 0.387 e. The summed E-state index contributed by atoms with van der Waals surface area (Å²) in [6, 6.07) is 7.99. The number of nitrogens with zero attached hydrogens (tertiary/aromatic N) is 5. The smallest absolute Gasteiger partial charge is 0.387 e. The highest BCUT2D eigenvalue weighted by atomic mass is 19.3. The van der Waals surface area contributed by atoms with Crippen LogP contribution >= 0.6 is 0 Å². The number of benzene rings is 2. The number of carbonyl (C=O) groups excluding carboxylic acids is 2. The lowest BCUT2D eigenvalue weighted by molar-refractivity contribution is -0.131. The molecule has 0 spiro atoms. The third-order valence-corrected chi connectivity index (χ3v) is 7.65. The van der Waals surface area contributed by atoms with Gasteiger partial charge in [0.2, 0.25) is 17.7 Å². The van der Waals surface area contributed by atoms with Gasteiger partial charge in [-0.05, 0) is 50.1 Å². The first-order chi connectivity index (χ1) is 23.6. The topological polar surface area (TPSA) is 149 Å². The lowest BCUT2D eigenvalue weighted by atomic mass is 10.2. The molecule has 1 fully saturated rings. The van der Waals surface area contributed by atoms with E-state index in [9.17, 15) is 27.2 Å². The highest BCUT2D eigenvalue weighted by Crippen LogP contribution is 2.35. The first kappa shape index (κ1) is 35.1. The number of nitrogens with one attached hydrogen (secondary N) is 1. The summed E-state index contributed by atoms with van der Waals surface area (Å²) in [6.45, 7) is 0.647. The van der Waals surface area contributed by atoms with E-state index in [4.69, 9.17) is 14.9 Å². The number of anilines is 1. The zero-order valence-corrected chi connectivity index (χ0v) is 26.6. The molecule has 0 bridgehead atoms. The van der Waals surface area contributed by atoms with Crippen molar-refractivity contribution in [2.45, 2.75) is 45.4 Å². The van der Waals surface area contributed by atoms with E-state index < -0.39 is 30.2 Å². The van der Waals surface area contributed by atoms with Gasteiger partial charge in [-0.25, -0.2) is 23.7 Å². The van der Waals surface area contributed by atoms with Gasteiger partial charge in [-0.3, -0.25) is 9.59 Å². The SMILES string of the molecule is C[C@H](N)c1oc(-c2ccc(OC(F)F)c(OCCCCC(=O)N3CCN(c4ncccn4)CC3)c2)nc1C(=O)NCc1ccc(F)cc1F. The molecule has 12 nitrogen and oxygen atoms in total. The Balaban J connectivity index is 1.18. The summed E-state index contributed by atoms with van der Waals surface area (Å²) >= 11 is 0. The van der Waals surface area contributed by atoms with Gasteiger partial charge >= 0.3 is 6.61 Å². The molecule has 2 aromatic carbocycles. The Bertz CT molecular complexity index is 1730. The van der Waals surface area contributed by atoms with E-state index in [1.165, 1.54) is 24.3 Å². The normalized spacial score (nSPS) is 13.8. The number of carbonyl (C=O) groups is 2. The van der Waals surface area contributed by atoms with Gasteiger partial charge in [0.1, 0.15) is 11.6 Å². The van der Waals surface area contributed by atoms with Crippen LogP contribution in [0.5, 0.6) is 11.5 Å². The largest absolute Gasteiger partial charge is 0.490 e. The van der Waals surface area contributed by atoms with Crippen molar-refractivity contribution in [3.05, 3.63) is 83.5 Å². The average molecular weight is 686 g/mol. The summed E-state index contributed by atoms with van der Waals surface area (Å²) in [5.41, 5.74) is 6.18. The summed E-state index contributed by atoms with van der Waals surface area (Å²) in [5.74, 6) is -1.94. The second kappa shape index (κ2) is 16.2. The first-order valence-electron chi connectivity index (χ1n) is 15.6. The number of hydrogen-bond acceptors (Lipinski definition) is 10. The van der Waals surface area contributed by atoms with Crippen molar-refractivity contribution in [1.29, 1.82) is 0 Å². The number of aromatic nitrogens is 3. The van der Waals surface area contributed by atoms with Crippen LogP contribution < -0.4 is 25.4 Å². The third-order valence-electron chi connectivity index (χ3n) is 7.65. The fourth-order valence-electron chi connectivity index (χ4n) is 5.13. The molecular formula is C33H35F4N7O5. The Labute approximate surface area is 279 Å². The number of halogens is 4. The van der Waals surface area contributed by atoms with Crippen LogP contribution in [0.15, 0.2) is 59.3 Å². The molecule has 1 atom stereocenters. The molecule has 0 saturated carbocycles. The van der Waals surface area contributed by atoms with Crippen LogP contribution in [0.2, 0.25) is 0 Å². The maximum atomic E-state index is 14.1. The second-order valence-corrected chi connectivity index (χ2v) is 11.2. The number of unbranched alkanes of at least 4 members (excludes halogenated alkanes) is 1. The van der Waals surface area contributed by atoms with Gasteiger partial charge in [0.25, 0.3) is 5.91 Å². The quantitative estimate of drug-likeness (QED) is 0.139. The molecule has 0 aliphatic carbocycles. The molecule has 4 aromatic rings. The molecule has 1 aliphatic rings. The van der Waals surface area contributed by atoms with Gasteiger partial charge in [-0.15, -0.1) is 0 Å². The highest BCUT2D eigenvalue weighted by molar-refractivity contribution is 5.94. The van der Waals surface area contributed by atoms with Crippen LogP contribution in [-0.2, 0) is 11.3 Å². The predicted molar refractivity (Wildman–Crippen MR) is 169 cm³/mol. The van der Waals surface area contributed by atoms with E-state index in [-0.39, 0.29) is 59.0 Å². The van der Waals surface area contributed by atoms with E-state index in [2.05, 4.69) is 25.0 Å². The number of amides is 2. The van der Waals surface area contributed by atoms with Crippen molar-refractivity contribution in [1.82, 2.24) is 25.2 Å². The molecular weight excluding hydrogens is 650 g/mol. The zero-order valence-electron chi connectivity index (χ0n) is 26.6. The molecule has 49 heavy (non-hydrogen) atoms. The van der Waals surface area contributed by atoms with Gasteiger partial charge in [-0.1, -0.05) is 6.07 Å². The number of nitrogens with two attached hydrogens (primary N) is 1. The predicted octanol–water partition coefficient (Wildman–Crippen LogP) is 4.86. The van der Waals surface area contributed by atoms with Gasteiger partial charge in [0.15, 0.2) is 23.0 Å². The van der Waals surface area contributed by atoms with Gasteiger partial charge < -0.3 is 34.7 Å². The summed E-state index contributed by atoms with van der Waals surface area (Å²) in [7, 11) is 0. The molecule has 2 aromatic heterocycles. The molecule has 0 unspecified atom stereocenters. The standard InChI is InChI=1S/C33H35F4N7O5/c1-20(38)29-28(30(46)41-19-22-6-8-23(34)18-24(22)35)42-31(49-29)21-7-9-25(48-32(36)37)26(17-21)47-16-3-2-5-27(45)43-12-14-44(15-13-43)33-39-10-4-11-40-33/h4,6-11,17-18,20,32H,2-3,5,12-16,19,38H2,1H3,(H,41,46)/t20-/m0/s1.